The number of hydrogen-bond donors (Lipinski definition) is 1. The second kappa shape index (κ2) is 7.68. The molecular weight excluding hydrogens is 246 g/mol. The highest BCUT2D eigenvalue weighted by Crippen LogP contribution is 2.30. The maximum Gasteiger partial charge on any atom is 0.122 e. The van der Waals surface area contributed by atoms with Crippen LogP contribution in [0.3, 0.4) is 0 Å². The highest BCUT2D eigenvalue weighted by atomic mass is 16.5. The van der Waals surface area contributed by atoms with Crippen LogP contribution >= 0.6 is 0 Å². The van der Waals surface area contributed by atoms with E-state index in [-0.39, 0.29) is 5.41 Å². The van der Waals surface area contributed by atoms with Gasteiger partial charge in [-0.25, -0.2) is 0 Å². The molecule has 1 aromatic rings. The van der Waals surface area contributed by atoms with Crippen molar-refractivity contribution in [3.05, 3.63) is 29.3 Å². The van der Waals surface area contributed by atoms with Crippen molar-refractivity contribution in [2.45, 2.75) is 47.5 Å². The fourth-order valence-corrected chi connectivity index (χ4v) is 2.47. The molecule has 20 heavy (non-hydrogen) atoms. The summed E-state index contributed by atoms with van der Waals surface area (Å²) < 4.78 is 5.49. The smallest absolute Gasteiger partial charge is 0.122 e. The van der Waals surface area contributed by atoms with Gasteiger partial charge in [0.25, 0.3) is 0 Å². The predicted octanol–water partition coefficient (Wildman–Crippen LogP) is 4.21. The maximum atomic E-state index is 5.49. The molecule has 1 N–H and O–H groups in total. The number of nitrogens with one attached hydrogen (secondary N) is 1. The molecule has 0 spiro atoms. The first kappa shape index (κ1) is 17.0. The molecule has 2 nitrogen and oxygen atoms in total. The van der Waals surface area contributed by atoms with Crippen molar-refractivity contribution < 1.29 is 4.74 Å². The fraction of sp³-hybridized carbons (Fsp3) is 0.667. The molecule has 0 bridgehead atoms. The fourth-order valence-electron chi connectivity index (χ4n) is 2.47. The normalized spacial score (nSPS) is 11.9. The number of benzene rings is 1. The summed E-state index contributed by atoms with van der Waals surface area (Å²) >= 11 is 0. The molecule has 0 atom stereocenters. The lowest BCUT2D eigenvalue weighted by atomic mass is 9.82. The van der Waals surface area contributed by atoms with Crippen LogP contribution in [0, 0.1) is 18.3 Å². The number of hydrogen-bond acceptors (Lipinski definition) is 2. The van der Waals surface area contributed by atoms with Crippen LogP contribution < -0.4 is 10.1 Å². The molecule has 0 saturated carbocycles. The summed E-state index contributed by atoms with van der Waals surface area (Å²) in [4.78, 5) is 0. The molecule has 0 aliphatic heterocycles. The lowest BCUT2D eigenvalue weighted by Crippen LogP contribution is -2.26. The van der Waals surface area contributed by atoms with E-state index in [1.807, 2.05) is 0 Å². The van der Waals surface area contributed by atoms with E-state index in [4.69, 9.17) is 4.74 Å². The van der Waals surface area contributed by atoms with Crippen LogP contribution in [0.2, 0.25) is 0 Å². The topological polar surface area (TPSA) is 21.3 Å². The van der Waals surface area contributed by atoms with Crippen molar-refractivity contribution in [2.75, 3.05) is 20.2 Å². The van der Waals surface area contributed by atoms with Gasteiger partial charge in [0.15, 0.2) is 0 Å². The zero-order valence-electron chi connectivity index (χ0n) is 14.0. The Morgan fingerprint density at radius 1 is 1.25 bits per heavy atom. The molecule has 0 aliphatic carbocycles. The van der Waals surface area contributed by atoms with Gasteiger partial charge < -0.3 is 10.1 Å². The summed E-state index contributed by atoms with van der Waals surface area (Å²) in [6, 6.07) is 6.44. The average molecular weight is 277 g/mol. The van der Waals surface area contributed by atoms with Gasteiger partial charge in [-0.3, -0.25) is 0 Å². The van der Waals surface area contributed by atoms with E-state index < -0.39 is 0 Å². The van der Waals surface area contributed by atoms with Crippen molar-refractivity contribution in [2.24, 2.45) is 11.3 Å². The Balaban J connectivity index is 2.59. The Kier molecular flexibility index (Phi) is 6.54. The molecule has 0 amide bonds. The van der Waals surface area contributed by atoms with Gasteiger partial charge in [-0.05, 0) is 55.8 Å². The van der Waals surface area contributed by atoms with E-state index in [1.165, 1.54) is 17.5 Å². The van der Waals surface area contributed by atoms with Crippen molar-refractivity contribution >= 4 is 0 Å². The molecule has 0 aromatic heterocycles. The van der Waals surface area contributed by atoms with Crippen molar-refractivity contribution in [3.8, 4) is 5.75 Å². The molecule has 0 aliphatic rings. The van der Waals surface area contributed by atoms with Crippen LogP contribution in [0.25, 0.3) is 0 Å². The predicted molar refractivity (Wildman–Crippen MR) is 87.5 cm³/mol. The Bertz CT molecular complexity index is 410. The minimum Gasteiger partial charge on any atom is -0.496 e. The number of ether oxygens (including phenoxy) is 1. The van der Waals surface area contributed by atoms with Gasteiger partial charge in [0.05, 0.1) is 7.11 Å². The van der Waals surface area contributed by atoms with Gasteiger partial charge in [-0.15, -0.1) is 0 Å². The van der Waals surface area contributed by atoms with Crippen LogP contribution in [-0.4, -0.2) is 20.2 Å². The molecular formula is C18H31NO. The summed E-state index contributed by atoms with van der Waals surface area (Å²) in [6.45, 7) is 13.5. The monoisotopic (exact) mass is 277 g/mol. The number of rotatable bonds is 8. The Morgan fingerprint density at radius 3 is 2.55 bits per heavy atom. The molecule has 114 valence electrons. The lowest BCUT2D eigenvalue weighted by Gasteiger charge is -2.26. The van der Waals surface area contributed by atoms with Gasteiger partial charge in [0.1, 0.15) is 5.75 Å². The van der Waals surface area contributed by atoms with Crippen molar-refractivity contribution in [3.63, 3.8) is 0 Å². The largest absolute Gasteiger partial charge is 0.496 e. The third-order valence-electron chi connectivity index (χ3n) is 3.64. The van der Waals surface area contributed by atoms with E-state index in [9.17, 15) is 0 Å². The van der Waals surface area contributed by atoms with E-state index in [0.717, 1.165) is 31.2 Å². The average Bonchev–Trinajstić information content (AvgIpc) is 2.34. The Labute approximate surface area is 124 Å². The van der Waals surface area contributed by atoms with Crippen LogP contribution in [0.5, 0.6) is 5.75 Å². The summed E-state index contributed by atoms with van der Waals surface area (Å²) in [6.07, 6.45) is 2.23. The zero-order chi connectivity index (χ0) is 15.2. The highest BCUT2D eigenvalue weighted by Gasteiger charge is 2.20. The second-order valence-corrected chi connectivity index (χ2v) is 7.00. The summed E-state index contributed by atoms with van der Waals surface area (Å²) in [5.74, 6) is 1.73. The van der Waals surface area contributed by atoms with Gasteiger partial charge in [-0.1, -0.05) is 45.4 Å². The van der Waals surface area contributed by atoms with Gasteiger partial charge in [-0.2, -0.15) is 0 Å². The van der Waals surface area contributed by atoms with E-state index >= 15 is 0 Å². The first-order valence-corrected chi connectivity index (χ1v) is 7.68. The first-order chi connectivity index (χ1) is 9.34. The van der Waals surface area contributed by atoms with E-state index in [2.05, 4.69) is 58.1 Å². The Hall–Kier alpha value is -1.02. The number of methoxy groups -OCH3 is 1. The number of aryl methyl sites for hydroxylation is 1. The SMILES string of the molecule is COc1ccc(C)cc1CC(C)(C)CCNCC(C)C. The van der Waals surface area contributed by atoms with Crippen molar-refractivity contribution in [1.29, 1.82) is 0 Å². The molecule has 0 heterocycles. The second-order valence-electron chi connectivity index (χ2n) is 7.00. The maximum absolute atomic E-state index is 5.49. The van der Waals surface area contributed by atoms with Gasteiger partial charge >= 0.3 is 0 Å². The molecule has 0 unspecified atom stereocenters. The summed E-state index contributed by atoms with van der Waals surface area (Å²) in [5.41, 5.74) is 2.90. The third-order valence-corrected chi connectivity index (χ3v) is 3.64. The minimum absolute atomic E-state index is 0.283. The van der Waals surface area contributed by atoms with Crippen LogP contribution in [0.15, 0.2) is 18.2 Å². The molecule has 1 aromatic carbocycles. The molecule has 0 radical (unpaired) electrons. The molecule has 1 rings (SSSR count). The van der Waals surface area contributed by atoms with Gasteiger partial charge in [0, 0.05) is 0 Å². The lowest BCUT2D eigenvalue weighted by molar-refractivity contribution is 0.315. The first-order valence-electron chi connectivity index (χ1n) is 7.68. The molecule has 2 heteroatoms. The Morgan fingerprint density at radius 2 is 1.95 bits per heavy atom. The van der Waals surface area contributed by atoms with Crippen LogP contribution in [0.4, 0.5) is 0 Å². The van der Waals surface area contributed by atoms with Crippen LogP contribution in [-0.2, 0) is 6.42 Å². The minimum atomic E-state index is 0.283. The van der Waals surface area contributed by atoms with Crippen molar-refractivity contribution in [1.82, 2.24) is 5.32 Å². The van der Waals surface area contributed by atoms with E-state index in [0.29, 0.717) is 0 Å². The van der Waals surface area contributed by atoms with E-state index in [1.54, 1.807) is 7.11 Å². The molecule has 0 saturated heterocycles. The standard InChI is InChI=1S/C18H31NO/c1-14(2)13-19-10-9-18(4,5)12-16-11-15(3)7-8-17(16)20-6/h7-8,11,14,19H,9-10,12-13H2,1-6H3. The zero-order valence-corrected chi connectivity index (χ0v) is 14.0. The quantitative estimate of drug-likeness (QED) is 0.719. The third kappa shape index (κ3) is 5.96. The highest BCUT2D eigenvalue weighted by molar-refractivity contribution is 5.37. The van der Waals surface area contributed by atoms with Gasteiger partial charge in [0.2, 0.25) is 0 Å². The summed E-state index contributed by atoms with van der Waals surface area (Å²) in [5, 5.41) is 3.54. The molecule has 0 fully saturated rings. The van der Waals surface area contributed by atoms with Crippen LogP contribution in [0.1, 0.15) is 45.2 Å². The summed E-state index contributed by atoms with van der Waals surface area (Å²) in [7, 11) is 1.76.